The molecule has 2 aromatic heterocycles. The smallest absolute Gasteiger partial charge is 0.138 e. The van der Waals surface area contributed by atoms with Crippen molar-refractivity contribution in [3.8, 4) is 6.07 Å². The monoisotopic (exact) mass is 333 g/mol. The second-order valence-electron chi connectivity index (χ2n) is 6.29. The largest absolute Gasteiger partial charge is 0.383 e. The summed E-state index contributed by atoms with van der Waals surface area (Å²) in [5, 5.41) is 13.9. The van der Waals surface area contributed by atoms with Gasteiger partial charge in [-0.1, -0.05) is 18.2 Å². The summed E-state index contributed by atoms with van der Waals surface area (Å²) in [5.41, 5.74) is 2.29. The van der Waals surface area contributed by atoms with E-state index in [1.54, 1.807) is 12.4 Å². The van der Waals surface area contributed by atoms with Crippen LogP contribution in [-0.2, 0) is 11.8 Å². The molecule has 0 bridgehead atoms. The molecule has 0 radical (unpaired) electrons. The van der Waals surface area contributed by atoms with Crippen molar-refractivity contribution in [1.29, 1.82) is 5.26 Å². The highest BCUT2D eigenvalue weighted by atomic mass is 16.5. The molecular weight excluding hydrogens is 314 g/mol. The summed E-state index contributed by atoms with van der Waals surface area (Å²) >= 11 is 0. The van der Waals surface area contributed by atoms with Crippen molar-refractivity contribution in [2.75, 3.05) is 18.5 Å². The highest BCUT2D eigenvalue weighted by molar-refractivity contribution is 5.93. The lowest BCUT2D eigenvalue weighted by molar-refractivity contribution is 0.0839. The lowest BCUT2D eigenvalue weighted by Crippen LogP contribution is -2.20. The number of anilines is 1. The van der Waals surface area contributed by atoms with E-state index in [0.29, 0.717) is 11.5 Å². The summed E-state index contributed by atoms with van der Waals surface area (Å²) in [6, 6.07) is 10.1. The van der Waals surface area contributed by atoms with Crippen molar-refractivity contribution < 1.29 is 4.74 Å². The van der Waals surface area contributed by atoms with Gasteiger partial charge < -0.3 is 14.6 Å². The van der Waals surface area contributed by atoms with Crippen molar-refractivity contribution in [1.82, 2.24) is 14.5 Å². The van der Waals surface area contributed by atoms with E-state index in [9.17, 15) is 5.26 Å². The van der Waals surface area contributed by atoms with Crippen LogP contribution in [0.2, 0.25) is 0 Å². The van der Waals surface area contributed by atoms with E-state index >= 15 is 0 Å². The van der Waals surface area contributed by atoms with Gasteiger partial charge in [0, 0.05) is 50.1 Å². The van der Waals surface area contributed by atoms with E-state index in [-0.39, 0.29) is 6.10 Å². The number of imidazole rings is 1. The molecule has 126 valence electrons. The quantitative estimate of drug-likeness (QED) is 0.794. The molecule has 1 N–H and O–H groups in total. The highest BCUT2D eigenvalue weighted by Gasteiger charge is 2.32. The number of para-hydroxylation sites is 1. The van der Waals surface area contributed by atoms with Gasteiger partial charge in [0.15, 0.2) is 0 Å². The Balaban J connectivity index is 1.60. The molecule has 0 spiro atoms. The summed E-state index contributed by atoms with van der Waals surface area (Å²) in [6.07, 6.45) is 6.31. The van der Waals surface area contributed by atoms with Crippen molar-refractivity contribution in [2.24, 2.45) is 13.0 Å². The highest BCUT2D eigenvalue weighted by Crippen LogP contribution is 2.34. The van der Waals surface area contributed by atoms with Crippen molar-refractivity contribution in [3.63, 3.8) is 0 Å². The molecule has 6 heteroatoms. The van der Waals surface area contributed by atoms with Gasteiger partial charge in [0.1, 0.15) is 18.0 Å². The van der Waals surface area contributed by atoms with Crippen LogP contribution in [-0.4, -0.2) is 27.7 Å². The van der Waals surface area contributed by atoms with Crippen molar-refractivity contribution in [3.05, 3.63) is 54.2 Å². The third-order valence-corrected chi connectivity index (χ3v) is 4.76. The molecule has 4 rings (SSSR count). The van der Waals surface area contributed by atoms with Gasteiger partial charge in [0.25, 0.3) is 0 Å². The fourth-order valence-corrected chi connectivity index (χ4v) is 3.43. The summed E-state index contributed by atoms with van der Waals surface area (Å²) in [7, 11) is 1.98. The Morgan fingerprint density at radius 2 is 2.24 bits per heavy atom. The average molecular weight is 333 g/mol. The van der Waals surface area contributed by atoms with Crippen LogP contribution in [0.15, 0.2) is 42.9 Å². The Labute approximate surface area is 146 Å². The number of aryl methyl sites for hydroxylation is 1. The second-order valence-corrected chi connectivity index (χ2v) is 6.29. The Morgan fingerprint density at radius 3 is 3.04 bits per heavy atom. The van der Waals surface area contributed by atoms with Gasteiger partial charge in [-0.25, -0.2) is 4.98 Å². The van der Waals surface area contributed by atoms with Gasteiger partial charge in [-0.3, -0.25) is 4.98 Å². The van der Waals surface area contributed by atoms with E-state index in [1.807, 2.05) is 42.1 Å². The Bertz CT molecular complexity index is 942. The number of rotatable bonds is 4. The lowest BCUT2D eigenvalue weighted by atomic mass is 10.00. The van der Waals surface area contributed by atoms with E-state index in [2.05, 4.69) is 21.4 Å². The molecular formula is C19H19N5O. The van der Waals surface area contributed by atoms with Crippen LogP contribution in [0.1, 0.15) is 23.9 Å². The minimum absolute atomic E-state index is 0.0221. The molecule has 3 heterocycles. The normalized spacial score (nSPS) is 19.8. The minimum Gasteiger partial charge on any atom is -0.383 e. The third kappa shape index (κ3) is 2.83. The van der Waals surface area contributed by atoms with Crippen LogP contribution < -0.4 is 5.32 Å². The Morgan fingerprint density at radius 1 is 1.36 bits per heavy atom. The van der Waals surface area contributed by atoms with Gasteiger partial charge in [0.2, 0.25) is 0 Å². The maximum absolute atomic E-state index is 9.44. The zero-order valence-electron chi connectivity index (χ0n) is 14.0. The van der Waals surface area contributed by atoms with Gasteiger partial charge in [0.05, 0.1) is 16.8 Å². The maximum Gasteiger partial charge on any atom is 0.138 e. The molecule has 0 aliphatic carbocycles. The molecule has 0 saturated carbocycles. The number of hydrogen-bond donors (Lipinski definition) is 1. The first-order valence-electron chi connectivity index (χ1n) is 8.38. The van der Waals surface area contributed by atoms with Crippen LogP contribution in [0.3, 0.4) is 0 Å². The first-order chi connectivity index (χ1) is 12.3. The number of ether oxygens (including phenoxy) is 1. The topological polar surface area (TPSA) is 75.8 Å². The van der Waals surface area contributed by atoms with Crippen molar-refractivity contribution in [2.45, 2.75) is 12.5 Å². The van der Waals surface area contributed by atoms with Gasteiger partial charge >= 0.3 is 0 Å². The van der Waals surface area contributed by atoms with Gasteiger partial charge in [-0.15, -0.1) is 0 Å². The van der Waals surface area contributed by atoms with Crippen LogP contribution in [0, 0.1) is 17.2 Å². The molecule has 1 fully saturated rings. The predicted octanol–water partition coefficient (Wildman–Crippen LogP) is 3.03. The van der Waals surface area contributed by atoms with Crippen LogP contribution >= 0.6 is 0 Å². The fraction of sp³-hybridized carbons (Fsp3) is 0.316. The van der Waals surface area contributed by atoms with Crippen LogP contribution in [0.25, 0.3) is 10.9 Å². The van der Waals surface area contributed by atoms with E-state index < -0.39 is 0 Å². The third-order valence-electron chi connectivity index (χ3n) is 4.76. The molecule has 1 aliphatic rings. The maximum atomic E-state index is 9.44. The summed E-state index contributed by atoms with van der Waals surface area (Å²) < 4.78 is 7.93. The van der Waals surface area contributed by atoms with E-state index in [1.165, 1.54) is 0 Å². The van der Waals surface area contributed by atoms with Gasteiger partial charge in [-0.2, -0.15) is 5.26 Å². The van der Waals surface area contributed by atoms with E-state index in [0.717, 1.165) is 42.0 Å². The standard InChI is InChI=1S/C19H19N5O/c1-24-8-7-21-19(24)18-13(6-9-25-18)11-23-17-14(10-20)12-22-16-5-3-2-4-15(16)17/h2-5,7-8,12-13,18H,6,9,11H2,1H3,(H,22,23)/t13-,18+/m0/s1. The number of nitrogens with one attached hydrogen (secondary N) is 1. The number of fused-ring (bicyclic) bond motifs is 1. The first-order valence-corrected chi connectivity index (χ1v) is 8.38. The Kier molecular flexibility index (Phi) is 4.08. The van der Waals surface area contributed by atoms with Crippen LogP contribution in [0.5, 0.6) is 0 Å². The zero-order valence-corrected chi connectivity index (χ0v) is 14.0. The minimum atomic E-state index is -0.0221. The number of hydrogen-bond acceptors (Lipinski definition) is 5. The lowest BCUT2D eigenvalue weighted by Gasteiger charge is -2.20. The van der Waals surface area contributed by atoms with Gasteiger partial charge in [-0.05, 0) is 12.5 Å². The second kappa shape index (κ2) is 6.54. The zero-order chi connectivity index (χ0) is 17.2. The molecule has 6 nitrogen and oxygen atoms in total. The number of aromatic nitrogens is 3. The molecule has 0 amide bonds. The summed E-state index contributed by atoms with van der Waals surface area (Å²) in [6.45, 7) is 1.45. The number of nitriles is 1. The molecule has 3 aromatic rings. The number of benzene rings is 1. The number of pyridine rings is 1. The predicted molar refractivity (Wildman–Crippen MR) is 95.0 cm³/mol. The van der Waals surface area contributed by atoms with E-state index in [4.69, 9.17) is 4.74 Å². The van der Waals surface area contributed by atoms with Crippen LogP contribution in [0.4, 0.5) is 5.69 Å². The fourth-order valence-electron chi connectivity index (χ4n) is 3.43. The Hall–Kier alpha value is -2.91. The SMILES string of the molecule is Cn1ccnc1[C@@H]1OCC[C@H]1CNc1c(C#N)cnc2ccccc12. The molecule has 1 aliphatic heterocycles. The number of nitrogens with zero attached hydrogens (tertiary/aromatic N) is 4. The first kappa shape index (κ1) is 15.6. The summed E-state index contributed by atoms with van der Waals surface area (Å²) in [4.78, 5) is 8.79. The molecule has 25 heavy (non-hydrogen) atoms. The van der Waals surface area contributed by atoms with Crippen molar-refractivity contribution >= 4 is 16.6 Å². The summed E-state index contributed by atoms with van der Waals surface area (Å²) in [5.74, 6) is 1.25. The average Bonchev–Trinajstić information content (AvgIpc) is 3.27. The molecule has 1 saturated heterocycles. The molecule has 0 unspecified atom stereocenters. The molecule has 1 aromatic carbocycles. The molecule has 2 atom stereocenters.